The highest BCUT2D eigenvalue weighted by molar-refractivity contribution is 7.89. The van der Waals surface area contributed by atoms with Crippen LogP contribution in [-0.2, 0) is 37.1 Å². The molecule has 0 bridgehead atoms. The van der Waals surface area contributed by atoms with Crippen LogP contribution in [0.25, 0.3) is 0 Å². The number of aryl methyl sites for hydroxylation is 2. The van der Waals surface area contributed by atoms with Gasteiger partial charge in [0.1, 0.15) is 0 Å². The summed E-state index contributed by atoms with van der Waals surface area (Å²) in [7, 11) is -2.09. The van der Waals surface area contributed by atoms with E-state index in [1.165, 1.54) is 12.7 Å². The van der Waals surface area contributed by atoms with E-state index < -0.39 is 10.0 Å². The summed E-state index contributed by atoms with van der Waals surface area (Å²) in [4.78, 5) is 14.2. The third-order valence-corrected chi connectivity index (χ3v) is 7.75. The third kappa shape index (κ3) is 7.91. The van der Waals surface area contributed by atoms with Crippen LogP contribution < -0.4 is 4.72 Å². The van der Waals surface area contributed by atoms with Gasteiger partial charge in [-0.1, -0.05) is 36.4 Å². The summed E-state index contributed by atoms with van der Waals surface area (Å²) in [5, 5.41) is 0. The number of nitrogens with zero attached hydrogens (tertiary/aromatic N) is 1. The van der Waals surface area contributed by atoms with Gasteiger partial charge in [0.25, 0.3) is 0 Å². The fourth-order valence-electron chi connectivity index (χ4n) is 4.03. The molecule has 0 saturated carbocycles. The first kappa shape index (κ1) is 26.3. The van der Waals surface area contributed by atoms with E-state index in [9.17, 15) is 13.2 Å². The van der Waals surface area contributed by atoms with E-state index in [0.29, 0.717) is 31.2 Å². The van der Waals surface area contributed by atoms with E-state index in [1.54, 1.807) is 12.1 Å². The number of carbonyl (C=O) groups excluding carboxylic acids is 1. The first-order valence-corrected chi connectivity index (χ1v) is 13.4. The second kappa shape index (κ2) is 13.0. The minimum atomic E-state index is -3.49. The monoisotopic (exact) mass is 488 g/mol. The molecule has 1 heterocycles. The van der Waals surface area contributed by atoms with Gasteiger partial charge < -0.3 is 9.47 Å². The number of hydrogen-bond donors (Lipinski definition) is 1. The number of benzene rings is 2. The maximum Gasteiger partial charge on any atom is 0.312 e. The fraction of sp³-hybridized carbons (Fsp3) is 0.500. The number of ether oxygens (including phenoxy) is 2. The van der Waals surface area contributed by atoms with Gasteiger partial charge in [0.2, 0.25) is 10.0 Å². The summed E-state index contributed by atoms with van der Waals surface area (Å²) >= 11 is 0. The molecule has 1 N–H and O–H groups in total. The minimum Gasteiger partial charge on any atom is -0.469 e. The quantitative estimate of drug-likeness (QED) is 0.365. The van der Waals surface area contributed by atoms with Crippen molar-refractivity contribution < 1.29 is 22.7 Å². The zero-order valence-electron chi connectivity index (χ0n) is 20.2. The van der Waals surface area contributed by atoms with Crippen LogP contribution in [0.2, 0.25) is 0 Å². The van der Waals surface area contributed by atoms with Crippen LogP contribution in [0.3, 0.4) is 0 Å². The molecular formula is C26H36N2O5S. The predicted octanol–water partition coefficient (Wildman–Crippen LogP) is 3.14. The molecule has 8 heteroatoms. The van der Waals surface area contributed by atoms with E-state index in [1.807, 2.05) is 31.2 Å². The molecular weight excluding hydrogens is 452 g/mol. The molecule has 0 radical (unpaired) electrons. The smallest absolute Gasteiger partial charge is 0.312 e. The van der Waals surface area contributed by atoms with Crippen LogP contribution in [0.5, 0.6) is 0 Å². The molecule has 186 valence electrons. The molecule has 0 spiro atoms. The molecule has 1 aliphatic rings. The number of rotatable bonds is 12. The van der Waals surface area contributed by atoms with Crippen molar-refractivity contribution in [1.29, 1.82) is 0 Å². The summed E-state index contributed by atoms with van der Waals surface area (Å²) in [6.45, 7) is 6.03. The highest BCUT2D eigenvalue weighted by atomic mass is 32.2. The van der Waals surface area contributed by atoms with Crippen LogP contribution in [-0.4, -0.2) is 65.8 Å². The van der Waals surface area contributed by atoms with Crippen molar-refractivity contribution in [2.45, 2.75) is 43.4 Å². The topological polar surface area (TPSA) is 84.9 Å². The van der Waals surface area contributed by atoms with E-state index in [4.69, 9.17) is 9.47 Å². The van der Waals surface area contributed by atoms with Gasteiger partial charge in [-0.2, -0.15) is 0 Å². The van der Waals surface area contributed by atoms with Gasteiger partial charge in [0.05, 0.1) is 31.1 Å². The first-order valence-electron chi connectivity index (χ1n) is 11.9. The molecule has 1 unspecified atom stereocenters. The normalized spacial score (nSPS) is 15.7. The minimum absolute atomic E-state index is 0.227. The summed E-state index contributed by atoms with van der Waals surface area (Å²) < 4.78 is 37.9. The Morgan fingerprint density at radius 1 is 1.00 bits per heavy atom. The number of unbranched alkanes of at least 4 members (excludes halogenated alkanes) is 1. The Labute approximate surface area is 203 Å². The summed E-state index contributed by atoms with van der Waals surface area (Å²) in [5.74, 6) is -0.485. The Morgan fingerprint density at radius 3 is 2.12 bits per heavy atom. The van der Waals surface area contributed by atoms with Crippen LogP contribution in [0.4, 0.5) is 0 Å². The number of sulfonamides is 1. The third-order valence-electron chi connectivity index (χ3n) is 6.27. The molecule has 0 aliphatic carbocycles. The molecule has 2 aromatic rings. The van der Waals surface area contributed by atoms with E-state index in [2.05, 4.69) is 21.8 Å². The predicted molar refractivity (Wildman–Crippen MR) is 132 cm³/mol. The van der Waals surface area contributed by atoms with Crippen molar-refractivity contribution in [1.82, 2.24) is 9.62 Å². The molecule has 0 aromatic heterocycles. The maximum absolute atomic E-state index is 12.5. The number of carbonyl (C=O) groups is 1. The van der Waals surface area contributed by atoms with Gasteiger partial charge in [-0.15, -0.1) is 0 Å². The average Bonchev–Trinajstić information content (AvgIpc) is 2.87. The molecule has 1 saturated heterocycles. The Balaban J connectivity index is 1.39. The molecule has 34 heavy (non-hydrogen) atoms. The largest absolute Gasteiger partial charge is 0.469 e. The average molecular weight is 489 g/mol. The summed E-state index contributed by atoms with van der Waals surface area (Å²) in [6.07, 6.45) is 3.92. The van der Waals surface area contributed by atoms with Gasteiger partial charge in [0, 0.05) is 26.2 Å². The Morgan fingerprint density at radius 2 is 1.56 bits per heavy atom. The number of morpholine rings is 1. The molecule has 1 aliphatic heterocycles. The fourth-order valence-corrected chi connectivity index (χ4v) is 5.05. The number of methoxy groups -OCH3 is 1. The van der Waals surface area contributed by atoms with Crippen molar-refractivity contribution in [2.75, 3.05) is 46.5 Å². The number of hydrogen-bond acceptors (Lipinski definition) is 6. The van der Waals surface area contributed by atoms with Gasteiger partial charge in [-0.05, 0) is 61.4 Å². The zero-order chi connectivity index (χ0) is 24.4. The lowest BCUT2D eigenvalue weighted by Crippen LogP contribution is -2.41. The standard InChI is InChI=1S/C26H36N2O5S/c1-21(26(29)32-2)24-11-7-22(8-12-24)5-3-4-6-23-9-13-25(14-10-23)34(30,31)27-15-16-28-17-19-33-20-18-28/h7-14,21,27H,3-6,15-20H2,1-2H3. The van der Waals surface area contributed by atoms with Gasteiger partial charge in [-0.3, -0.25) is 9.69 Å². The SMILES string of the molecule is COC(=O)C(C)c1ccc(CCCCc2ccc(S(=O)(=O)NCCN3CCOCC3)cc2)cc1. The summed E-state index contributed by atoms with van der Waals surface area (Å²) in [6, 6.07) is 15.3. The second-order valence-corrected chi connectivity index (χ2v) is 10.5. The number of esters is 1. The van der Waals surface area contributed by atoms with E-state index in [-0.39, 0.29) is 11.9 Å². The first-order chi connectivity index (χ1) is 16.4. The molecule has 3 rings (SSSR count). The van der Waals surface area contributed by atoms with Gasteiger partial charge >= 0.3 is 5.97 Å². The second-order valence-electron chi connectivity index (χ2n) is 8.69. The summed E-state index contributed by atoms with van der Waals surface area (Å²) in [5.41, 5.74) is 3.33. The van der Waals surface area contributed by atoms with E-state index in [0.717, 1.165) is 49.9 Å². The van der Waals surface area contributed by atoms with Gasteiger partial charge in [-0.25, -0.2) is 13.1 Å². The lowest BCUT2D eigenvalue weighted by Gasteiger charge is -2.26. The van der Waals surface area contributed by atoms with E-state index >= 15 is 0 Å². The highest BCUT2D eigenvalue weighted by Crippen LogP contribution is 2.19. The Hall–Kier alpha value is -2.26. The lowest BCUT2D eigenvalue weighted by atomic mass is 9.98. The zero-order valence-corrected chi connectivity index (χ0v) is 21.0. The van der Waals surface area contributed by atoms with Crippen molar-refractivity contribution in [3.8, 4) is 0 Å². The highest BCUT2D eigenvalue weighted by Gasteiger charge is 2.16. The van der Waals surface area contributed by atoms with Gasteiger partial charge in [0.15, 0.2) is 0 Å². The van der Waals surface area contributed by atoms with Crippen molar-refractivity contribution in [3.63, 3.8) is 0 Å². The van der Waals surface area contributed by atoms with Crippen molar-refractivity contribution in [2.24, 2.45) is 0 Å². The van der Waals surface area contributed by atoms with Crippen molar-refractivity contribution in [3.05, 3.63) is 65.2 Å². The van der Waals surface area contributed by atoms with Crippen LogP contribution in [0.15, 0.2) is 53.4 Å². The van der Waals surface area contributed by atoms with Crippen LogP contribution in [0, 0.1) is 0 Å². The van der Waals surface area contributed by atoms with Crippen molar-refractivity contribution >= 4 is 16.0 Å². The van der Waals surface area contributed by atoms with Crippen LogP contribution in [0.1, 0.15) is 42.4 Å². The molecule has 0 amide bonds. The number of nitrogens with one attached hydrogen (secondary N) is 1. The Kier molecular flexibility index (Phi) is 10.1. The lowest BCUT2D eigenvalue weighted by molar-refractivity contribution is -0.141. The molecule has 7 nitrogen and oxygen atoms in total. The van der Waals surface area contributed by atoms with Crippen LogP contribution >= 0.6 is 0 Å². The Bertz CT molecular complexity index is 1000. The maximum atomic E-state index is 12.5. The molecule has 2 aromatic carbocycles. The molecule has 1 atom stereocenters. The molecule has 1 fully saturated rings.